The number of hydrogen-bond donors (Lipinski definition) is 1. The van der Waals surface area contributed by atoms with Crippen molar-refractivity contribution < 1.29 is 27.5 Å². The molecule has 0 aromatic heterocycles. The van der Waals surface area contributed by atoms with Crippen LogP contribution in [0.2, 0.25) is 0 Å². The molecule has 4 nitrogen and oxygen atoms in total. The Bertz CT molecular complexity index is 1550. The standard InChI is InChI=1S/C37H36F3NO3/c1-44-36(43)34(28-9-3-2-4-10-28)24-25-8-7-11-26(15-14-25)27-18-22-31(23-19-27)41-35(42)33-13-6-5-12-32(33)29-16-20-30(21-17-29)37(38,39)40/h2-6,9-10,12-13,16-23,25-26,34H,7-8,11,14-15,24H2,1H3,(H,41,42)/t25?,26?,34-/m0/s1. The zero-order valence-corrected chi connectivity index (χ0v) is 24.6. The van der Waals surface area contributed by atoms with Crippen molar-refractivity contribution in [3.8, 4) is 11.1 Å². The Hall–Kier alpha value is -4.39. The number of esters is 1. The zero-order chi connectivity index (χ0) is 31.1. The molecule has 4 aromatic rings. The number of carbonyl (C=O) groups is 2. The zero-order valence-electron chi connectivity index (χ0n) is 24.6. The largest absolute Gasteiger partial charge is 0.469 e. The van der Waals surface area contributed by atoms with E-state index in [2.05, 4.69) is 17.4 Å². The summed E-state index contributed by atoms with van der Waals surface area (Å²) in [6.07, 6.45) is 1.64. The van der Waals surface area contributed by atoms with Crippen molar-refractivity contribution in [3.05, 3.63) is 125 Å². The minimum absolute atomic E-state index is 0.184. The average Bonchev–Trinajstić information content (AvgIpc) is 3.29. The van der Waals surface area contributed by atoms with Crippen LogP contribution in [0.5, 0.6) is 0 Å². The summed E-state index contributed by atoms with van der Waals surface area (Å²) in [5.74, 6) is 0.0711. The molecule has 0 aliphatic heterocycles. The summed E-state index contributed by atoms with van der Waals surface area (Å²) in [4.78, 5) is 25.8. The Kier molecular flexibility index (Phi) is 9.83. The third kappa shape index (κ3) is 7.57. The van der Waals surface area contributed by atoms with Crippen molar-refractivity contribution in [2.24, 2.45) is 5.92 Å². The first-order chi connectivity index (χ1) is 21.2. The van der Waals surface area contributed by atoms with E-state index < -0.39 is 11.7 Å². The van der Waals surface area contributed by atoms with Gasteiger partial charge in [-0.25, -0.2) is 0 Å². The maximum absolute atomic E-state index is 13.2. The van der Waals surface area contributed by atoms with Gasteiger partial charge in [0.1, 0.15) is 0 Å². The molecule has 0 radical (unpaired) electrons. The summed E-state index contributed by atoms with van der Waals surface area (Å²) >= 11 is 0. The lowest BCUT2D eigenvalue weighted by atomic mass is 9.84. The molecule has 5 rings (SSSR count). The molecule has 1 fully saturated rings. The van der Waals surface area contributed by atoms with Crippen LogP contribution in [0.15, 0.2) is 103 Å². The summed E-state index contributed by atoms with van der Waals surface area (Å²) < 4.78 is 44.2. The second kappa shape index (κ2) is 13.9. The van der Waals surface area contributed by atoms with Crippen molar-refractivity contribution in [2.45, 2.75) is 56.5 Å². The Morgan fingerprint density at radius 1 is 0.818 bits per heavy atom. The van der Waals surface area contributed by atoms with E-state index in [1.165, 1.54) is 24.8 Å². The third-order valence-corrected chi connectivity index (χ3v) is 8.68. The Labute approximate surface area is 256 Å². The van der Waals surface area contributed by atoms with Gasteiger partial charge in [-0.3, -0.25) is 9.59 Å². The number of ether oxygens (including phenoxy) is 1. The second-order valence-corrected chi connectivity index (χ2v) is 11.5. The van der Waals surface area contributed by atoms with Crippen LogP contribution in [0.3, 0.4) is 0 Å². The smallest absolute Gasteiger partial charge is 0.416 e. The van der Waals surface area contributed by atoms with E-state index in [1.54, 1.807) is 24.3 Å². The van der Waals surface area contributed by atoms with Gasteiger partial charge in [0.25, 0.3) is 5.91 Å². The van der Waals surface area contributed by atoms with Crippen LogP contribution in [0.1, 0.15) is 77.4 Å². The fourth-order valence-corrected chi connectivity index (χ4v) is 6.29. The summed E-state index contributed by atoms with van der Waals surface area (Å²) in [5, 5.41) is 2.94. The summed E-state index contributed by atoms with van der Waals surface area (Å²) in [7, 11) is 1.45. The number of nitrogens with one attached hydrogen (secondary N) is 1. The topological polar surface area (TPSA) is 55.4 Å². The van der Waals surface area contributed by atoms with Gasteiger partial charge in [0.15, 0.2) is 0 Å². The monoisotopic (exact) mass is 599 g/mol. The quantitative estimate of drug-likeness (QED) is 0.162. The maximum atomic E-state index is 13.2. The average molecular weight is 600 g/mol. The molecule has 7 heteroatoms. The molecule has 4 aromatic carbocycles. The van der Waals surface area contributed by atoms with E-state index in [0.717, 1.165) is 56.2 Å². The predicted octanol–water partition coefficient (Wildman–Crippen LogP) is 9.64. The number of halogens is 3. The number of anilines is 1. The molecular weight excluding hydrogens is 563 g/mol. The van der Waals surface area contributed by atoms with Crippen LogP contribution in [0.4, 0.5) is 18.9 Å². The Morgan fingerprint density at radius 3 is 2.18 bits per heavy atom. The van der Waals surface area contributed by atoms with Gasteiger partial charge in [-0.2, -0.15) is 13.2 Å². The number of amides is 1. The first-order valence-corrected chi connectivity index (χ1v) is 15.0. The Morgan fingerprint density at radius 2 is 1.50 bits per heavy atom. The lowest BCUT2D eigenvalue weighted by molar-refractivity contribution is -0.143. The SMILES string of the molecule is COC(=O)[C@@H](CC1CCCC(c2ccc(NC(=O)c3ccccc3-c3ccc(C(F)(F)F)cc3)cc2)CC1)c1ccccc1. The fraction of sp³-hybridized carbons (Fsp3) is 0.297. The van der Waals surface area contributed by atoms with Crippen molar-refractivity contribution in [1.82, 2.24) is 0 Å². The van der Waals surface area contributed by atoms with Crippen LogP contribution in [0.25, 0.3) is 11.1 Å². The summed E-state index contributed by atoms with van der Waals surface area (Å²) in [6, 6.07) is 29.5. The lowest BCUT2D eigenvalue weighted by Gasteiger charge is -2.21. The summed E-state index contributed by atoms with van der Waals surface area (Å²) in [6.45, 7) is 0. The highest BCUT2D eigenvalue weighted by atomic mass is 19.4. The van der Waals surface area contributed by atoms with E-state index in [1.807, 2.05) is 42.5 Å². The first kappa shape index (κ1) is 31.0. The highest BCUT2D eigenvalue weighted by Crippen LogP contribution is 2.39. The fourth-order valence-electron chi connectivity index (χ4n) is 6.29. The number of benzene rings is 4. The lowest BCUT2D eigenvalue weighted by Crippen LogP contribution is -2.18. The van der Waals surface area contributed by atoms with Gasteiger partial charge in [-0.15, -0.1) is 0 Å². The number of carbonyl (C=O) groups excluding carboxylic acids is 2. The van der Waals surface area contributed by atoms with Gasteiger partial charge < -0.3 is 10.1 Å². The van der Waals surface area contributed by atoms with Gasteiger partial charge in [-0.05, 0) is 90.1 Å². The van der Waals surface area contributed by atoms with Gasteiger partial charge in [0.2, 0.25) is 0 Å². The molecule has 1 saturated carbocycles. The van der Waals surface area contributed by atoms with E-state index in [0.29, 0.717) is 34.2 Å². The molecule has 2 unspecified atom stereocenters. The second-order valence-electron chi connectivity index (χ2n) is 11.5. The number of alkyl halides is 3. The van der Waals surface area contributed by atoms with Gasteiger partial charge in [0.05, 0.1) is 18.6 Å². The van der Waals surface area contributed by atoms with Crippen LogP contribution < -0.4 is 5.32 Å². The number of rotatable bonds is 8. The number of methoxy groups -OCH3 is 1. The molecule has 1 aliphatic rings. The predicted molar refractivity (Wildman–Crippen MR) is 166 cm³/mol. The van der Waals surface area contributed by atoms with Crippen LogP contribution in [-0.4, -0.2) is 19.0 Å². The normalized spacial score (nSPS) is 17.7. The molecule has 3 atom stereocenters. The van der Waals surface area contributed by atoms with E-state index >= 15 is 0 Å². The van der Waals surface area contributed by atoms with Crippen LogP contribution in [-0.2, 0) is 15.7 Å². The highest BCUT2D eigenvalue weighted by molar-refractivity contribution is 6.08. The van der Waals surface area contributed by atoms with Crippen LogP contribution >= 0.6 is 0 Å². The molecule has 0 bridgehead atoms. The molecule has 44 heavy (non-hydrogen) atoms. The van der Waals surface area contributed by atoms with Crippen LogP contribution in [0, 0.1) is 5.92 Å². The van der Waals surface area contributed by atoms with Gasteiger partial charge in [-0.1, -0.05) is 85.6 Å². The van der Waals surface area contributed by atoms with Crippen molar-refractivity contribution in [3.63, 3.8) is 0 Å². The molecule has 1 amide bonds. The van der Waals surface area contributed by atoms with E-state index in [4.69, 9.17) is 4.74 Å². The molecule has 1 N–H and O–H groups in total. The minimum Gasteiger partial charge on any atom is -0.469 e. The number of hydrogen-bond acceptors (Lipinski definition) is 3. The molecule has 0 heterocycles. The molecule has 228 valence electrons. The molecule has 0 spiro atoms. The van der Waals surface area contributed by atoms with E-state index in [-0.39, 0.29) is 17.8 Å². The Balaban J connectivity index is 1.22. The van der Waals surface area contributed by atoms with Crippen molar-refractivity contribution in [1.29, 1.82) is 0 Å². The molecular formula is C37H36F3NO3. The minimum atomic E-state index is -4.42. The van der Waals surface area contributed by atoms with Gasteiger partial charge in [0, 0.05) is 11.3 Å². The highest BCUT2D eigenvalue weighted by Gasteiger charge is 2.30. The summed E-state index contributed by atoms with van der Waals surface area (Å²) in [5.41, 5.74) is 3.62. The molecule has 0 saturated heterocycles. The molecule has 1 aliphatic carbocycles. The maximum Gasteiger partial charge on any atom is 0.416 e. The van der Waals surface area contributed by atoms with Gasteiger partial charge >= 0.3 is 12.1 Å². The van der Waals surface area contributed by atoms with Crippen molar-refractivity contribution in [2.75, 3.05) is 12.4 Å². The van der Waals surface area contributed by atoms with E-state index in [9.17, 15) is 22.8 Å². The van der Waals surface area contributed by atoms with Crippen molar-refractivity contribution >= 4 is 17.6 Å². The third-order valence-electron chi connectivity index (χ3n) is 8.68. The first-order valence-electron chi connectivity index (χ1n) is 15.0.